The van der Waals surface area contributed by atoms with Crippen molar-refractivity contribution < 1.29 is 9.47 Å². The predicted molar refractivity (Wildman–Crippen MR) is 100.0 cm³/mol. The lowest BCUT2D eigenvalue weighted by atomic mass is 10.1. The molecule has 4 rings (SSSR count). The Morgan fingerprint density at radius 1 is 1.00 bits per heavy atom. The van der Waals surface area contributed by atoms with Crippen LogP contribution in [0.25, 0.3) is 5.70 Å². The Kier molecular flexibility index (Phi) is 3.90. The number of methoxy groups -OCH3 is 2. The van der Waals surface area contributed by atoms with E-state index in [4.69, 9.17) is 14.5 Å². The monoisotopic (exact) mass is 333 g/mol. The normalized spacial score (nSPS) is 15.6. The second-order valence-electron chi connectivity index (χ2n) is 5.74. The number of fused-ring (bicyclic) bond motifs is 1. The molecule has 2 aliphatic rings. The van der Waals surface area contributed by atoms with Crippen LogP contribution >= 0.6 is 0 Å². The number of ether oxygens (including phenoxy) is 2. The third-order valence-electron chi connectivity index (χ3n) is 4.31. The Hall–Kier alpha value is -3.21. The van der Waals surface area contributed by atoms with Crippen LogP contribution in [0.2, 0.25) is 0 Å². The fraction of sp³-hybridized carbons (Fsp3) is 0.150. The highest BCUT2D eigenvalue weighted by atomic mass is 16.5. The van der Waals surface area contributed by atoms with E-state index in [1.807, 2.05) is 42.6 Å². The lowest BCUT2D eigenvalue weighted by Gasteiger charge is -2.24. The molecule has 0 fully saturated rings. The van der Waals surface area contributed by atoms with Crippen LogP contribution in [0.3, 0.4) is 0 Å². The summed E-state index contributed by atoms with van der Waals surface area (Å²) in [6.45, 7) is 0.757. The predicted octanol–water partition coefficient (Wildman–Crippen LogP) is 3.41. The molecule has 5 heteroatoms. The lowest BCUT2D eigenvalue weighted by molar-refractivity contribution is 0.355. The van der Waals surface area contributed by atoms with Crippen LogP contribution in [0.5, 0.6) is 11.5 Å². The molecule has 0 aromatic heterocycles. The maximum atomic E-state index is 5.43. The fourth-order valence-corrected chi connectivity index (χ4v) is 3.02. The summed E-state index contributed by atoms with van der Waals surface area (Å²) in [6, 6.07) is 16.1. The minimum atomic E-state index is 0.705. The van der Waals surface area contributed by atoms with Crippen molar-refractivity contribution in [1.29, 1.82) is 0 Å². The minimum absolute atomic E-state index is 0.705. The van der Waals surface area contributed by atoms with Crippen LogP contribution in [-0.4, -0.2) is 26.6 Å². The minimum Gasteiger partial charge on any atom is -0.493 e. The molecule has 1 N–H and O–H groups in total. The van der Waals surface area contributed by atoms with Gasteiger partial charge in [-0.25, -0.2) is 4.99 Å². The fourth-order valence-electron chi connectivity index (χ4n) is 3.02. The highest BCUT2D eigenvalue weighted by Gasteiger charge is 2.26. The van der Waals surface area contributed by atoms with Gasteiger partial charge in [-0.2, -0.15) is 0 Å². The molecule has 2 aromatic rings. The van der Waals surface area contributed by atoms with Crippen molar-refractivity contribution in [3.05, 3.63) is 72.1 Å². The number of hydrogen-bond acceptors (Lipinski definition) is 5. The number of benzene rings is 2. The maximum absolute atomic E-state index is 5.43. The zero-order valence-corrected chi connectivity index (χ0v) is 14.2. The molecule has 5 nitrogen and oxygen atoms in total. The summed E-state index contributed by atoms with van der Waals surface area (Å²) in [5.74, 6) is 2.33. The molecule has 0 spiro atoms. The molecule has 2 aliphatic heterocycles. The zero-order valence-electron chi connectivity index (χ0n) is 14.2. The SMILES string of the molecule is COc1ccc(N2CC=C3NC=C(c4ccccc4)N=C32)cc1OC. The number of rotatable bonds is 4. The van der Waals surface area contributed by atoms with Gasteiger partial charge in [-0.15, -0.1) is 0 Å². The lowest BCUT2D eigenvalue weighted by Crippen LogP contribution is -2.31. The van der Waals surface area contributed by atoms with E-state index in [2.05, 4.69) is 28.4 Å². The number of aliphatic imine (C=N–C) groups is 1. The molecular weight excluding hydrogens is 314 g/mol. The van der Waals surface area contributed by atoms with Crippen molar-refractivity contribution in [2.75, 3.05) is 25.7 Å². The van der Waals surface area contributed by atoms with Gasteiger partial charge in [-0.05, 0) is 18.2 Å². The first-order chi connectivity index (χ1) is 12.3. The Bertz CT molecular complexity index is 885. The molecule has 0 aliphatic carbocycles. The largest absolute Gasteiger partial charge is 0.493 e. The summed E-state index contributed by atoms with van der Waals surface area (Å²) in [7, 11) is 3.28. The van der Waals surface area contributed by atoms with Gasteiger partial charge in [-0.3, -0.25) is 0 Å². The molecule has 0 bridgehead atoms. The van der Waals surface area contributed by atoms with Crippen LogP contribution in [-0.2, 0) is 0 Å². The van der Waals surface area contributed by atoms with Gasteiger partial charge in [-0.1, -0.05) is 30.3 Å². The summed E-state index contributed by atoms with van der Waals surface area (Å²) in [5, 5.41) is 3.35. The Labute approximate surface area is 146 Å². The van der Waals surface area contributed by atoms with Crippen LogP contribution < -0.4 is 19.7 Å². The Balaban J connectivity index is 1.69. The van der Waals surface area contributed by atoms with Crippen molar-refractivity contribution in [2.24, 2.45) is 4.99 Å². The van der Waals surface area contributed by atoms with Crippen LogP contribution in [0.4, 0.5) is 5.69 Å². The van der Waals surface area contributed by atoms with E-state index in [0.717, 1.165) is 35.0 Å². The molecule has 0 atom stereocenters. The quantitative estimate of drug-likeness (QED) is 0.931. The van der Waals surface area contributed by atoms with Crippen LogP contribution in [0.1, 0.15) is 5.56 Å². The topological polar surface area (TPSA) is 46.1 Å². The third-order valence-corrected chi connectivity index (χ3v) is 4.31. The van der Waals surface area contributed by atoms with Gasteiger partial charge in [0.1, 0.15) is 0 Å². The number of anilines is 1. The average Bonchev–Trinajstić information content (AvgIpc) is 3.11. The van der Waals surface area contributed by atoms with Gasteiger partial charge in [0.15, 0.2) is 17.3 Å². The number of hydrogen-bond donors (Lipinski definition) is 1. The highest BCUT2D eigenvalue weighted by molar-refractivity contribution is 6.14. The average molecular weight is 333 g/mol. The molecule has 25 heavy (non-hydrogen) atoms. The second-order valence-corrected chi connectivity index (χ2v) is 5.74. The summed E-state index contributed by atoms with van der Waals surface area (Å²) >= 11 is 0. The van der Waals surface area contributed by atoms with E-state index in [1.54, 1.807) is 14.2 Å². The standard InChI is InChI=1S/C20H19N3O2/c1-24-18-9-8-15(12-19(18)25-2)23-11-10-16-20(23)22-17(13-21-16)14-6-4-3-5-7-14/h3-10,12-13,21H,11H2,1-2H3. The van der Waals surface area contributed by atoms with E-state index in [9.17, 15) is 0 Å². The van der Waals surface area contributed by atoms with E-state index >= 15 is 0 Å². The van der Waals surface area contributed by atoms with Crippen molar-refractivity contribution in [3.8, 4) is 11.5 Å². The number of nitrogens with one attached hydrogen (secondary N) is 1. The van der Waals surface area contributed by atoms with Gasteiger partial charge < -0.3 is 19.7 Å². The van der Waals surface area contributed by atoms with Crippen molar-refractivity contribution in [3.63, 3.8) is 0 Å². The molecule has 2 heterocycles. The first-order valence-electron chi connectivity index (χ1n) is 8.11. The summed E-state index contributed by atoms with van der Waals surface area (Å²) in [4.78, 5) is 7.02. The van der Waals surface area contributed by atoms with Gasteiger partial charge in [0.25, 0.3) is 0 Å². The first-order valence-corrected chi connectivity index (χ1v) is 8.11. The Morgan fingerprint density at radius 3 is 2.56 bits per heavy atom. The van der Waals surface area contributed by atoms with Gasteiger partial charge in [0, 0.05) is 30.1 Å². The summed E-state index contributed by atoms with van der Waals surface area (Å²) in [6.07, 6.45) is 4.08. The molecule has 0 saturated heterocycles. The number of amidine groups is 1. The third kappa shape index (κ3) is 2.74. The van der Waals surface area contributed by atoms with E-state index in [0.29, 0.717) is 11.5 Å². The highest BCUT2D eigenvalue weighted by Crippen LogP contribution is 2.34. The van der Waals surface area contributed by atoms with Crippen molar-refractivity contribution in [1.82, 2.24) is 5.32 Å². The summed E-state index contributed by atoms with van der Waals surface area (Å²) < 4.78 is 10.8. The Morgan fingerprint density at radius 2 is 1.80 bits per heavy atom. The molecule has 126 valence electrons. The van der Waals surface area contributed by atoms with Gasteiger partial charge >= 0.3 is 0 Å². The second kappa shape index (κ2) is 6.36. The maximum Gasteiger partial charge on any atom is 0.162 e. The smallest absolute Gasteiger partial charge is 0.162 e. The molecule has 0 amide bonds. The molecule has 0 unspecified atom stereocenters. The summed E-state index contributed by atoms with van der Waals surface area (Å²) in [5.41, 5.74) is 4.04. The molecule has 2 aromatic carbocycles. The van der Waals surface area contributed by atoms with Gasteiger partial charge in [0.2, 0.25) is 0 Å². The van der Waals surface area contributed by atoms with Crippen molar-refractivity contribution in [2.45, 2.75) is 0 Å². The van der Waals surface area contributed by atoms with Crippen molar-refractivity contribution >= 4 is 17.2 Å². The molecular formula is C20H19N3O2. The first kappa shape index (κ1) is 15.3. The van der Waals surface area contributed by atoms with E-state index < -0.39 is 0 Å². The number of nitrogens with zero attached hydrogens (tertiary/aromatic N) is 2. The van der Waals surface area contributed by atoms with E-state index in [-0.39, 0.29) is 0 Å². The van der Waals surface area contributed by atoms with E-state index in [1.165, 1.54) is 0 Å². The van der Waals surface area contributed by atoms with Crippen LogP contribution in [0.15, 0.2) is 71.5 Å². The molecule has 0 saturated carbocycles. The van der Waals surface area contributed by atoms with Gasteiger partial charge in [0.05, 0.1) is 25.6 Å². The van der Waals surface area contributed by atoms with Crippen LogP contribution in [0, 0.1) is 0 Å². The zero-order chi connectivity index (χ0) is 17.2. The molecule has 0 radical (unpaired) electrons.